The first-order valence-electron chi connectivity index (χ1n) is 14.1. The van der Waals surface area contributed by atoms with Gasteiger partial charge in [0, 0.05) is 18.7 Å². The van der Waals surface area contributed by atoms with Gasteiger partial charge in [0.25, 0.3) is 5.91 Å². The van der Waals surface area contributed by atoms with Crippen LogP contribution in [0.1, 0.15) is 102 Å². The van der Waals surface area contributed by atoms with Gasteiger partial charge in [-0.25, -0.2) is 0 Å². The number of hydrogen-bond acceptors (Lipinski definition) is 6. The van der Waals surface area contributed by atoms with Gasteiger partial charge in [-0.3, -0.25) is 19.7 Å². The Hall–Kier alpha value is -2.68. The number of hydrogen-bond donors (Lipinski definition) is 2. The van der Waals surface area contributed by atoms with Crippen LogP contribution < -0.4 is 15.4 Å². The number of unbranched alkanes of at least 4 members (excludes halogenated alkanes) is 9. The second kappa shape index (κ2) is 17.8. The molecule has 1 atom stereocenters. The van der Waals surface area contributed by atoms with Crippen LogP contribution in [-0.4, -0.2) is 59.6 Å². The molecule has 0 saturated carbocycles. The number of amides is 2. The lowest BCUT2D eigenvalue weighted by Crippen LogP contribution is -2.60. The van der Waals surface area contributed by atoms with Crippen LogP contribution in [0.15, 0.2) is 24.3 Å². The van der Waals surface area contributed by atoms with Crippen LogP contribution >= 0.6 is 12.2 Å². The van der Waals surface area contributed by atoms with E-state index < -0.39 is 12.0 Å². The largest absolute Gasteiger partial charge is 0.491 e. The van der Waals surface area contributed by atoms with E-state index in [0.29, 0.717) is 31.0 Å². The Balaban J connectivity index is 1.73. The van der Waals surface area contributed by atoms with Crippen molar-refractivity contribution in [1.82, 2.24) is 15.5 Å². The molecule has 1 saturated heterocycles. The van der Waals surface area contributed by atoms with E-state index in [9.17, 15) is 14.4 Å². The van der Waals surface area contributed by atoms with Gasteiger partial charge in [0.1, 0.15) is 11.8 Å². The molecule has 9 heteroatoms. The first-order valence-corrected chi connectivity index (χ1v) is 14.5. The summed E-state index contributed by atoms with van der Waals surface area (Å²) in [4.78, 5) is 39.3. The number of carbonyl (C=O) groups is 3. The molecule has 2 N–H and O–H groups in total. The highest BCUT2D eigenvalue weighted by atomic mass is 32.1. The maximum absolute atomic E-state index is 12.7. The lowest BCUT2D eigenvalue weighted by atomic mass is 10.1. The van der Waals surface area contributed by atoms with Crippen molar-refractivity contribution in [3.8, 4) is 5.75 Å². The van der Waals surface area contributed by atoms with Gasteiger partial charge in [-0.15, -0.1) is 0 Å². The molecular weight excluding hydrogens is 502 g/mol. The molecule has 1 fully saturated rings. The van der Waals surface area contributed by atoms with Crippen molar-refractivity contribution in [3.05, 3.63) is 29.8 Å². The number of thiocarbonyl (C=S) groups is 1. The van der Waals surface area contributed by atoms with E-state index in [2.05, 4.69) is 17.6 Å². The first-order chi connectivity index (χ1) is 18.3. The van der Waals surface area contributed by atoms with Crippen LogP contribution in [0.3, 0.4) is 0 Å². The summed E-state index contributed by atoms with van der Waals surface area (Å²) in [6.45, 7) is 7.20. The molecule has 0 bridgehead atoms. The number of esters is 1. The summed E-state index contributed by atoms with van der Waals surface area (Å²) in [5.41, 5.74) is 0.414. The first kappa shape index (κ1) is 31.5. The minimum atomic E-state index is -0.821. The summed E-state index contributed by atoms with van der Waals surface area (Å²) in [5, 5.41) is 5.56. The molecule has 212 valence electrons. The highest BCUT2D eigenvalue weighted by Crippen LogP contribution is 2.15. The van der Waals surface area contributed by atoms with E-state index >= 15 is 0 Å². The predicted molar refractivity (Wildman–Crippen MR) is 153 cm³/mol. The van der Waals surface area contributed by atoms with Gasteiger partial charge in [-0.05, 0) is 56.8 Å². The van der Waals surface area contributed by atoms with Gasteiger partial charge in [-0.1, -0.05) is 64.7 Å². The Bertz CT molecular complexity index is 891. The second-order valence-electron chi connectivity index (χ2n) is 10.1. The van der Waals surface area contributed by atoms with E-state index in [-0.39, 0.29) is 29.5 Å². The number of piperazine rings is 1. The molecule has 1 aliphatic heterocycles. The summed E-state index contributed by atoms with van der Waals surface area (Å²) < 4.78 is 11.0. The molecule has 2 amide bonds. The second-order valence-corrected chi connectivity index (χ2v) is 10.4. The van der Waals surface area contributed by atoms with Crippen molar-refractivity contribution >= 4 is 35.1 Å². The van der Waals surface area contributed by atoms with Gasteiger partial charge >= 0.3 is 5.97 Å². The highest BCUT2D eigenvalue weighted by molar-refractivity contribution is 7.80. The number of rotatable bonds is 16. The Kier molecular flexibility index (Phi) is 14.7. The minimum absolute atomic E-state index is 0.0334. The Morgan fingerprint density at radius 3 is 2.24 bits per heavy atom. The molecule has 8 nitrogen and oxygen atoms in total. The zero-order chi connectivity index (χ0) is 27.8. The van der Waals surface area contributed by atoms with Crippen molar-refractivity contribution in [3.63, 3.8) is 0 Å². The average molecular weight is 548 g/mol. The standard InChI is InChI=1S/C29H45N3O5S/c1-4-5-6-7-8-9-10-11-12-13-20-36-26(33)21-25-28(35)30-18-19-32(25)29(38)31-27(34)23-14-16-24(17-15-23)37-22(2)3/h14-17,22,25H,4-13,18-21H2,1-3H3,(H,30,35)(H,31,34,38). The van der Waals surface area contributed by atoms with E-state index in [4.69, 9.17) is 21.7 Å². The number of benzene rings is 1. The maximum Gasteiger partial charge on any atom is 0.308 e. The summed E-state index contributed by atoms with van der Waals surface area (Å²) >= 11 is 5.44. The van der Waals surface area contributed by atoms with Crippen molar-refractivity contribution in [2.24, 2.45) is 0 Å². The molecule has 2 rings (SSSR count). The molecule has 1 unspecified atom stereocenters. The molecule has 1 heterocycles. The quantitative estimate of drug-likeness (QED) is 0.168. The molecule has 0 aliphatic carbocycles. The van der Waals surface area contributed by atoms with Crippen LogP contribution in [0.5, 0.6) is 5.75 Å². The molecule has 1 aromatic carbocycles. The molecule has 38 heavy (non-hydrogen) atoms. The SMILES string of the molecule is CCCCCCCCCCCCOC(=O)CC1C(=O)NCCN1C(=S)NC(=O)c1ccc(OC(C)C)cc1. The van der Waals surface area contributed by atoms with Gasteiger partial charge in [0.05, 0.1) is 19.1 Å². The van der Waals surface area contributed by atoms with Gasteiger partial charge in [0.15, 0.2) is 5.11 Å². The highest BCUT2D eigenvalue weighted by Gasteiger charge is 2.34. The van der Waals surface area contributed by atoms with Crippen LogP contribution in [0, 0.1) is 0 Å². The van der Waals surface area contributed by atoms with Gasteiger partial charge in [0.2, 0.25) is 5.91 Å². The number of ether oxygens (including phenoxy) is 2. The molecule has 0 spiro atoms. The Morgan fingerprint density at radius 2 is 1.63 bits per heavy atom. The average Bonchev–Trinajstić information content (AvgIpc) is 2.88. The fourth-order valence-corrected chi connectivity index (χ4v) is 4.66. The molecular formula is C29H45N3O5S. The third-order valence-electron chi connectivity index (χ3n) is 6.42. The summed E-state index contributed by atoms with van der Waals surface area (Å²) in [7, 11) is 0. The fourth-order valence-electron chi connectivity index (χ4n) is 4.35. The van der Waals surface area contributed by atoms with Crippen molar-refractivity contribution in [2.75, 3.05) is 19.7 Å². The van der Waals surface area contributed by atoms with Crippen molar-refractivity contribution < 1.29 is 23.9 Å². The molecule has 1 aliphatic rings. The van der Waals surface area contributed by atoms with Crippen LogP contribution in [-0.2, 0) is 14.3 Å². The third kappa shape index (κ3) is 11.8. The van der Waals surface area contributed by atoms with E-state index in [1.807, 2.05) is 13.8 Å². The van der Waals surface area contributed by atoms with Crippen molar-refractivity contribution in [1.29, 1.82) is 0 Å². The van der Waals surface area contributed by atoms with E-state index in [0.717, 1.165) is 19.3 Å². The predicted octanol–water partition coefficient (Wildman–Crippen LogP) is 5.14. The van der Waals surface area contributed by atoms with E-state index in [1.54, 1.807) is 29.2 Å². The van der Waals surface area contributed by atoms with Crippen LogP contribution in [0.2, 0.25) is 0 Å². The summed E-state index contributed by atoms with van der Waals surface area (Å²) in [6.07, 6.45) is 11.9. The topological polar surface area (TPSA) is 97.0 Å². The summed E-state index contributed by atoms with van der Waals surface area (Å²) in [5.74, 6) is -0.468. The summed E-state index contributed by atoms with van der Waals surface area (Å²) in [6, 6.07) is 5.93. The smallest absolute Gasteiger partial charge is 0.308 e. The number of carbonyl (C=O) groups excluding carboxylic acids is 3. The van der Waals surface area contributed by atoms with Gasteiger partial charge < -0.3 is 19.7 Å². The normalized spacial score (nSPS) is 15.2. The Morgan fingerprint density at radius 1 is 1.03 bits per heavy atom. The lowest BCUT2D eigenvalue weighted by Gasteiger charge is -2.36. The monoisotopic (exact) mass is 547 g/mol. The van der Waals surface area contributed by atoms with Crippen LogP contribution in [0.4, 0.5) is 0 Å². The fraction of sp³-hybridized carbons (Fsp3) is 0.655. The molecule has 1 aromatic rings. The van der Waals surface area contributed by atoms with Crippen LogP contribution in [0.25, 0.3) is 0 Å². The molecule has 0 aromatic heterocycles. The van der Waals surface area contributed by atoms with Crippen molar-refractivity contribution in [2.45, 2.75) is 104 Å². The minimum Gasteiger partial charge on any atom is -0.491 e. The number of nitrogens with zero attached hydrogens (tertiary/aromatic N) is 1. The Labute approximate surface area is 233 Å². The van der Waals surface area contributed by atoms with Gasteiger partial charge in [-0.2, -0.15) is 0 Å². The third-order valence-corrected chi connectivity index (χ3v) is 6.76. The maximum atomic E-state index is 12.7. The number of nitrogens with one attached hydrogen (secondary N) is 2. The molecule has 0 radical (unpaired) electrons. The lowest BCUT2D eigenvalue weighted by molar-refractivity contribution is -0.147. The zero-order valence-electron chi connectivity index (χ0n) is 23.3. The zero-order valence-corrected chi connectivity index (χ0v) is 24.1. The van der Waals surface area contributed by atoms with E-state index in [1.165, 1.54) is 44.9 Å².